The number of amidine groups is 1. The molecule has 0 aliphatic carbocycles. The van der Waals surface area contributed by atoms with Crippen molar-refractivity contribution in [3.8, 4) is 5.88 Å². The summed E-state index contributed by atoms with van der Waals surface area (Å²) in [7, 11) is 0. The highest BCUT2D eigenvalue weighted by atomic mass is 32.1. The number of unbranched alkanes of at least 4 members (excludes halogenated alkanes) is 2. The van der Waals surface area contributed by atoms with E-state index in [1.165, 1.54) is 4.57 Å². The van der Waals surface area contributed by atoms with Gasteiger partial charge >= 0.3 is 11.7 Å². The topological polar surface area (TPSA) is 109 Å². The van der Waals surface area contributed by atoms with Crippen molar-refractivity contribution in [1.82, 2.24) is 9.13 Å². The minimum absolute atomic E-state index is 0.0649. The summed E-state index contributed by atoms with van der Waals surface area (Å²) in [4.78, 5) is 35.1. The predicted octanol–water partition coefficient (Wildman–Crippen LogP) is 5.59. The molecule has 0 atom stereocenters. The summed E-state index contributed by atoms with van der Waals surface area (Å²) in [6.45, 7) is 4.96. The third-order valence-electron chi connectivity index (χ3n) is 6.28. The first kappa shape index (κ1) is 26.3. The third-order valence-corrected chi connectivity index (χ3v) is 7.14. The molecule has 1 aliphatic rings. The number of thiophene rings is 1. The number of imidazole rings is 1. The molecule has 3 aromatic rings. The number of carbonyl (C=O) groups is 1. The van der Waals surface area contributed by atoms with Crippen molar-refractivity contribution in [2.45, 2.75) is 65.5 Å². The maximum absolute atomic E-state index is 13.3. The fraction of sp³-hybridized carbons (Fsp3) is 0.357. The average Bonchev–Trinajstić information content (AvgIpc) is 3.59. The lowest BCUT2D eigenvalue weighted by molar-refractivity contribution is 0.0697. The summed E-state index contributed by atoms with van der Waals surface area (Å²) in [5.41, 5.74) is 2.63. The normalized spacial score (nSPS) is 14.3. The van der Waals surface area contributed by atoms with Crippen LogP contribution in [0, 0.1) is 0 Å². The van der Waals surface area contributed by atoms with Crippen molar-refractivity contribution >= 4 is 34.9 Å². The van der Waals surface area contributed by atoms with E-state index >= 15 is 0 Å². The highest BCUT2D eigenvalue weighted by Crippen LogP contribution is 2.26. The number of rotatable bonds is 12. The standard InChI is InChI=1S/C28H32N4O4S/c1-3-5-9-25-29-22(16-19-10-12-20(13-11-19)27(34)35)23(30-25)17-24-26(33)31(14-6-4-2)28(36)32(24)18-21-8-7-15-37-21/h7-8,10-13,15,17,33H,3-6,9,14,16,18H2,1-2H3,(H,34,35). The smallest absolute Gasteiger partial charge is 0.335 e. The van der Waals surface area contributed by atoms with Gasteiger partial charge in [0.1, 0.15) is 11.5 Å². The SMILES string of the molecule is CCCCC1=NC(=Cc2c(O)n(CCCC)c(=O)n2Cc2cccs2)C(Cc2ccc(C(=O)O)cc2)=N1. The van der Waals surface area contributed by atoms with Gasteiger partial charge in [0.05, 0.1) is 23.5 Å². The Morgan fingerprint density at radius 2 is 1.81 bits per heavy atom. The second-order valence-corrected chi connectivity index (χ2v) is 10.1. The average molecular weight is 521 g/mol. The zero-order chi connectivity index (χ0) is 26.4. The summed E-state index contributed by atoms with van der Waals surface area (Å²) in [5.74, 6) is -0.311. The van der Waals surface area contributed by atoms with Gasteiger partial charge < -0.3 is 10.2 Å². The monoisotopic (exact) mass is 520 g/mol. The molecule has 37 heavy (non-hydrogen) atoms. The number of hydrogen-bond acceptors (Lipinski definition) is 6. The molecule has 194 valence electrons. The molecular formula is C28H32N4O4S. The van der Waals surface area contributed by atoms with Crippen molar-refractivity contribution < 1.29 is 15.0 Å². The minimum Gasteiger partial charge on any atom is -0.493 e. The molecule has 0 fully saturated rings. The van der Waals surface area contributed by atoms with E-state index in [1.54, 1.807) is 46.2 Å². The Bertz CT molecular complexity index is 1390. The molecule has 0 amide bonds. The molecule has 0 bridgehead atoms. The van der Waals surface area contributed by atoms with Gasteiger partial charge in [0.25, 0.3) is 0 Å². The number of allylic oxidation sites excluding steroid dienone is 1. The Labute approximate surface area is 220 Å². The van der Waals surface area contributed by atoms with E-state index in [-0.39, 0.29) is 17.1 Å². The molecule has 3 heterocycles. The van der Waals surface area contributed by atoms with Crippen molar-refractivity contribution in [2.24, 2.45) is 9.98 Å². The fourth-order valence-corrected chi connectivity index (χ4v) is 4.88. The van der Waals surface area contributed by atoms with E-state index in [0.717, 1.165) is 54.1 Å². The van der Waals surface area contributed by atoms with Gasteiger partial charge in [0.2, 0.25) is 5.88 Å². The van der Waals surface area contributed by atoms with Gasteiger partial charge in [0, 0.05) is 24.3 Å². The van der Waals surface area contributed by atoms with Crippen LogP contribution in [-0.2, 0) is 19.5 Å². The van der Waals surface area contributed by atoms with Crippen molar-refractivity contribution in [2.75, 3.05) is 0 Å². The zero-order valence-corrected chi connectivity index (χ0v) is 22.0. The lowest BCUT2D eigenvalue weighted by Crippen LogP contribution is -2.25. The summed E-state index contributed by atoms with van der Waals surface area (Å²) in [6, 6.07) is 10.6. The molecule has 1 aromatic carbocycles. The zero-order valence-electron chi connectivity index (χ0n) is 21.2. The lowest BCUT2D eigenvalue weighted by atomic mass is 10.0. The van der Waals surface area contributed by atoms with Gasteiger partial charge in [-0.2, -0.15) is 0 Å². The number of aromatic nitrogens is 2. The highest BCUT2D eigenvalue weighted by Gasteiger charge is 2.23. The first-order valence-electron chi connectivity index (χ1n) is 12.6. The molecule has 0 saturated heterocycles. The molecule has 0 spiro atoms. The molecule has 0 saturated carbocycles. The van der Waals surface area contributed by atoms with E-state index in [0.29, 0.717) is 30.9 Å². The van der Waals surface area contributed by atoms with Crippen molar-refractivity contribution in [1.29, 1.82) is 0 Å². The second-order valence-electron chi connectivity index (χ2n) is 9.06. The van der Waals surface area contributed by atoms with Crippen LogP contribution in [0.15, 0.2) is 62.3 Å². The van der Waals surface area contributed by atoms with Crippen LogP contribution in [-0.4, -0.2) is 36.9 Å². The number of hydrogen-bond donors (Lipinski definition) is 2. The summed E-state index contributed by atoms with van der Waals surface area (Å²) in [6.07, 6.45) is 6.61. The maximum atomic E-state index is 13.3. The molecule has 1 aliphatic heterocycles. The van der Waals surface area contributed by atoms with Crippen LogP contribution >= 0.6 is 11.3 Å². The first-order valence-corrected chi connectivity index (χ1v) is 13.5. The Morgan fingerprint density at radius 1 is 1.05 bits per heavy atom. The number of aliphatic imine (C=N–C) groups is 2. The predicted molar refractivity (Wildman–Crippen MR) is 148 cm³/mol. The summed E-state index contributed by atoms with van der Waals surface area (Å²) in [5, 5.41) is 22.3. The van der Waals surface area contributed by atoms with Gasteiger partial charge in [-0.25, -0.2) is 19.6 Å². The van der Waals surface area contributed by atoms with Crippen LogP contribution in [0.3, 0.4) is 0 Å². The molecule has 9 heteroatoms. The van der Waals surface area contributed by atoms with Crippen LogP contribution in [0.25, 0.3) is 6.08 Å². The number of carboxylic acid groups (broad SMARTS) is 1. The van der Waals surface area contributed by atoms with E-state index in [4.69, 9.17) is 9.98 Å². The molecule has 0 radical (unpaired) electrons. The fourth-order valence-electron chi connectivity index (χ4n) is 4.19. The number of nitrogens with zero attached hydrogens (tertiary/aromatic N) is 4. The van der Waals surface area contributed by atoms with Gasteiger partial charge in [-0.15, -0.1) is 11.3 Å². The summed E-state index contributed by atoms with van der Waals surface area (Å²) >= 11 is 1.56. The quantitative estimate of drug-likeness (QED) is 0.324. The third kappa shape index (κ3) is 6.17. The molecule has 2 aromatic heterocycles. The lowest BCUT2D eigenvalue weighted by Gasteiger charge is -2.06. The number of benzene rings is 1. The Balaban J connectivity index is 1.74. The van der Waals surface area contributed by atoms with Crippen LogP contribution in [0.1, 0.15) is 72.4 Å². The van der Waals surface area contributed by atoms with E-state index in [1.807, 2.05) is 24.4 Å². The van der Waals surface area contributed by atoms with Crippen LogP contribution < -0.4 is 5.69 Å². The van der Waals surface area contributed by atoms with Gasteiger partial charge in [-0.1, -0.05) is 44.9 Å². The maximum Gasteiger partial charge on any atom is 0.335 e. The van der Waals surface area contributed by atoms with Gasteiger partial charge in [-0.3, -0.25) is 9.13 Å². The largest absolute Gasteiger partial charge is 0.493 e. The Morgan fingerprint density at radius 3 is 2.46 bits per heavy atom. The number of aromatic carboxylic acids is 1. The number of aromatic hydroxyl groups is 1. The molecule has 4 rings (SSSR count). The highest BCUT2D eigenvalue weighted by molar-refractivity contribution is 7.09. The van der Waals surface area contributed by atoms with Gasteiger partial charge in [-0.05, 0) is 48.1 Å². The Hall–Kier alpha value is -3.72. The van der Waals surface area contributed by atoms with E-state index in [9.17, 15) is 19.8 Å². The van der Waals surface area contributed by atoms with Crippen molar-refractivity contribution in [3.05, 3.63) is 79.7 Å². The molecule has 8 nitrogen and oxygen atoms in total. The van der Waals surface area contributed by atoms with Crippen LogP contribution in [0.4, 0.5) is 0 Å². The first-order chi connectivity index (χ1) is 17.9. The summed E-state index contributed by atoms with van der Waals surface area (Å²) < 4.78 is 3.03. The number of carboxylic acids is 1. The Kier molecular flexibility index (Phi) is 8.55. The van der Waals surface area contributed by atoms with E-state index < -0.39 is 5.97 Å². The van der Waals surface area contributed by atoms with E-state index in [2.05, 4.69) is 6.92 Å². The molecular weight excluding hydrogens is 488 g/mol. The van der Waals surface area contributed by atoms with Crippen LogP contribution in [0.5, 0.6) is 5.88 Å². The van der Waals surface area contributed by atoms with Crippen molar-refractivity contribution in [3.63, 3.8) is 0 Å². The molecule has 2 N–H and O–H groups in total. The minimum atomic E-state index is -0.970. The molecule has 0 unspecified atom stereocenters. The van der Waals surface area contributed by atoms with Crippen LogP contribution in [0.2, 0.25) is 0 Å². The van der Waals surface area contributed by atoms with Gasteiger partial charge in [0.15, 0.2) is 0 Å². The second kappa shape index (κ2) is 12.0.